The smallest absolute Gasteiger partial charge is 0.404 e. The zero-order valence-corrected chi connectivity index (χ0v) is 19.3. The fourth-order valence-electron chi connectivity index (χ4n) is 4.93. The minimum Gasteiger partial charge on any atom is -0.490 e. The normalized spacial score (nSPS) is 27.0. The first-order valence-corrected chi connectivity index (χ1v) is 11.6. The summed E-state index contributed by atoms with van der Waals surface area (Å²) in [6, 6.07) is 1.08. The number of nitrogens with zero attached hydrogens (tertiary/aromatic N) is 1. The standard InChI is InChI=1S/C24H34N2O6/c1-14(2)11-20(26-22(28)29)24(21(27)31-23(3,4)32-24)13-18-17-12-16(8-7-15-5-6-15)30-19(17)9-10-25-18/h9-10,14-16,20,26H,5-8,11-13H2,1-4H3,(H,28,29)/t16?,20-,24+/m0/s1. The van der Waals surface area contributed by atoms with Crippen LogP contribution in [0.2, 0.25) is 0 Å². The van der Waals surface area contributed by atoms with E-state index in [1.807, 2.05) is 19.9 Å². The van der Waals surface area contributed by atoms with E-state index < -0.39 is 29.5 Å². The van der Waals surface area contributed by atoms with Gasteiger partial charge in [0.05, 0.1) is 11.7 Å². The first-order valence-electron chi connectivity index (χ1n) is 11.6. The highest BCUT2D eigenvalue weighted by Gasteiger charge is 2.59. The van der Waals surface area contributed by atoms with Crippen molar-refractivity contribution >= 4 is 12.1 Å². The molecule has 1 aliphatic carbocycles. The second kappa shape index (κ2) is 8.54. The van der Waals surface area contributed by atoms with Gasteiger partial charge in [0, 0.05) is 38.4 Å². The molecular formula is C24H34N2O6. The molecule has 2 fully saturated rings. The van der Waals surface area contributed by atoms with Gasteiger partial charge in [-0.15, -0.1) is 0 Å². The maximum atomic E-state index is 13.2. The van der Waals surface area contributed by atoms with Gasteiger partial charge in [0.2, 0.25) is 5.79 Å². The summed E-state index contributed by atoms with van der Waals surface area (Å²) in [5, 5.41) is 12.0. The molecule has 0 spiro atoms. The Labute approximate surface area is 189 Å². The molecule has 176 valence electrons. The van der Waals surface area contributed by atoms with Crippen LogP contribution >= 0.6 is 0 Å². The van der Waals surface area contributed by atoms with Crippen LogP contribution in [-0.4, -0.2) is 45.7 Å². The largest absolute Gasteiger partial charge is 0.490 e. The Hall–Kier alpha value is -2.35. The third kappa shape index (κ3) is 4.85. The number of nitrogens with one attached hydrogen (secondary N) is 1. The lowest BCUT2D eigenvalue weighted by atomic mass is 9.82. The zero-order valence-electron chi connectivity index (χ0n) is 19.3. The van der Waals surface area contributed by atoms with Crippen LogP contribution in [0.25, 0.3) is 0 Å². The number of fused-ring (bicyclic) bond motifs is 1. The Morgan fingerprint density at radius 2 is 2.06 bits per heavy atom. The minimum atomic E-state index is -1.50. The summed E-state index contributed by atoms with van der Waals surface area (Å²) in [5.74, 6) is 0.0429. The van der Waals surface area contributed by atoms with E-state index in [0.717, 1.165) is 30.1 Å². The van der Waals surface area contributed by atoms with Gasteiger partial charge in [0.25, 0.3) is 0 Å². The molecule has 3 atom stereocenters. The highest BCUT2D eigenvalue weighted by atomic mass is 16.8. The highest BCUT2D eigenvalue weighted by molar-refractivity contribution is 5.84. The third-order valence-electron chi connectivity index (χ3n) is 6.53. The second-order valence-electron chi connectivity index (χ2n) is 10.3. The molecule has 1 amide bonds. The molecule has 0 aromatic carbocycles. The average Bonchev–Trinajstić information content (AvgIpc) is 3.35. The molecule has 1 unspecified atom stereocenters. The third-order valence-corrected chi connectivity index (χ3v) is 6.53. The predicted molar refractivity (Wildman–Crippen MR) is 116 cm³/mol. The van der Waals surface area contributed by atoms with Gasteiger partial charge >= 0.3 is 12.1 Å². The summed E-state index contributed by atoms with van der Waals surface area (Å²) in [5.41, 5.74) is 0.180. The van der Waals surface area contributed by atoms with Crippen molar-refractivity contribution in [2.45, 2.75) is 96.2 Å². The summed E-state index contributed by atoms with van der Waals surface area (Å²) < 4.78 is 17.9. The number of ether oxygens (including phenoxy) is 3. The van der Waals surface area contributed by atoms with Crippen LogP contribution in [0.3, 0.4) is 0 Å². The lowest BCUT2D eigenvalue weighted by Gasteiger charge is -2.35. The zero-order chi connectivity index (χ0) is 23.1. The molecule has 2 N–H and O–H groups in total. The number of amides is 1. The Balaban J connectivity index is 1.63. The molecule has 2 aliphatic heterocycles. The number of carbonyl (C=O) groups excluding carboxylic acids is 1. The number of hydrogen-bond donors (Lipinski definition) is 2. The van der Waals surface area contributed by atoms with E-state index in [-0.39, 0.29) is 18.4 Å². The SMILES string of the molecule is CC(C)C[C@H](NC(=O)O)[C@@]1(Cc2nccc3c2CC(CCC2CC2)O3)OC(C)(C)OC1=O. The van der Waals surface area contributed by atoms with Crippen LogP contribution in [0.5, 0.6) is 5.75 Å². The van der Waals surface area contributed by atoms with Crippen molar-refractivity contribution in [3.63, 3.8) is 0 Å². The molecule has 0 radical (unpaired) electrons. The number of rotatable bonds is 9. The molecule has 8 heteroatoms. The summed E-state index contributed by atoms with van der Waals surface area (Å²) in [7, 11) is 0. The number of hydrogen-bond acceptors (Lipinski definition) is 6. The van der Waals surface area contributed by atoms with Gasteiger partial charge in [-0.25, -0.2) is 9.59 Å². The number of carbonyl (C=O) groups is 2. The summed E-state index contributed by atoms with van der Waals surface area (Å²) >= 11 is 0. The van der Waals surface area contributed by atoms with Gasteiger partial charge in [-0.3, -0.25) is 4.98 Å². The van der Waals surface area contributed by atoms with Crippen LogP contribution < -0.4 is 10.1 Å². The molecule has 0 bridgehead atoms. The monoisotopic (exact) mass is 446 g/mol. The van der Waals surface area contributed by atoms with E-state index in [9.17, 15) is 14.7 Å². The fourth-order valence-corrected chi connectivity index (χ4v) is 4.93. The molecular weight excluding hydrogens is 412 g/mol. The van der Waals surface area contributed by atoms with Crippen LogP contribution in [0, 0.1) is 11.8 Å². The molecule has 3 aliphatic rings. The van der Waals surface area contributed by atoms with Gasteiger partial charge in [-0.05, 0) is 37.2 Å². The van der Waals surface area contributed by atoms with E-state index in [4.69, 9.17) is 14.2 Å². The Morgan fingerprint density at radius 3 is 2.66 bits per heavy atom. The highest BCUT2D eigenvalue weighted by Crippen LogP contribution is 2.42. The van der Waals surface area contributed by atoms with Crippen molar-refractivity contribution in [1.82, 2.24) is 10.3 Å². The van der Waals surface area contributed by atoms with E-state index in [2.05, 4.69) is 10.3 Å². The second-order valence-corrected chi connectivity index (χ2v) is 10.3. The first-order chi connectivity index (χ1) is 15.1. The van der Waals surface area contributed by atoms with Crippen molar-refractivity contribution in [2.75, 3.05) is 0 Å². The Morgan fingerprint density at radius 1 is 1.31 bits per heavy atom. The number of pyridine rings is 1. The van der Waals surface area contributed by atoms with Crippen molar-refractivity contribution in [3.05, 3.63) is 23.5 Å². The van der Waals surface area contributed by atoms with E-state index in [1.165, 1.54) is 19.3 Å². The molecule has 1 saturated heterocycles. The summed E-state index contributed by atoms with van der Waals surface area (Å²) in [6.45, 7) is 7.29. The van der Waals surface area contributed by atoms with E-state index in [0.29, 0.717) is 12.1 Å². The van der Waals surface area contributed by atoms with Crippen molar-refractivity contribution in [2.24, 2.45) is 11.8 Å². The molecule has 4 rings (SSSR count). The Bertz CT molecular complexity index is 881. The quantitative estimate of drug-likeness (QED) is 0.555. The summed E-state index contributed by atoms with van der Waals surface area (Å²) in [4.78, 5) is 29.4. The van der Waals surface area contributed by atoms with Gasteiger partial charge < -0.3 is 24.6 Å². The molecule has 1 aromatic rings. The minimum absolute atomic E-state index is 0.112. The molecule has 1 saturated carbocycles. The average molecular weight is 447 g/mol. The predicted octanol–water partition coefficient (Wildman–Crippen LogP) is 3.85. The summed E-state index contributed by atoms with van der Waals surface area (Å²) in [6.07, 6.45) is 6.68. The van der Waals surface area contributed by atoms with Crippen molar-refractivity contribution in [1.29, 1.82) is 0 Å². The lowest BCUT2D eigenvalue weighted by Crippen LogP contribution is -2.58. The molecule has 8 nitrogen and oxygen atoms in total. The fraction of sp³-hybridized carbons (Fsp3) is 0.708. The Kier molecular flexibility index (Phi) is 6.09. The maximum Gasteiger partial charge on any atom is 0.404 e. The van der Waals surface area contributed by atoms with Gasteiger partial charge in [0.15, 0.2) is 5.60 Å². The maximum absolute atomic E-state index is 13.2. The van der Waals surface area contributed by atoms with Gasteiger partial charge in [-0.2, -0.15) is 0 Å². The van der Waals surface area contributed by atoms with Crippen LogP contribution in [0.4, 0.5) is 4.79 Å². The van der Waals surface area contributed by atoms with Gasteiger partial charge in [-0.1, -0.05) is 26.7 Å². The van der Waals surface area contributed by atoms with E-state index in [1.54, 1.807) is 20.0 Å². The number of esters is 1. The van der Waals surface area contributed by atoms with Crippen LogP contribution in [-0.2, 0) is 27.1 Å². The number of carboxylic acid groups (broad SMARTS) is 1. The van der Waals surface area contributed by atoms with Crippen LogP contribution in [0.1, 0.15) is 71.1 Å². The number of cyclic esters (lactones) is 1. The molecule has 32 heavy (non-hydrogen) atoms. The van der Waals surface area contributed by atoms with Crippen molar-refractivity contribution in [3.8, 4) is 5.75 Å². The first kappa shape index (κ1) is 22.8. The van der Waals surface area contributed by atoms with Gasteiger partial charge in [0.1, 0.15) is 11.9 Å². The molecule has 1 aromatic heterocycles. The molecule has 3 heterocycles. The van der Waals surface area contributed by atoms with E-state index >= 15 is 0 Å². The topological polar surface area (TPSA) is 107 Å². The van der Waals surface area contributed by atoms with Crippen molar-refractivity contribution < 1.29 is 28.9 Å². The lowest BCUT2D eigenvalue weighted by molar-refractivity contribution is -0.170. The number of aromatic nitrogens is 1. The van der Waals surface area contributed by atoms with Crippen LogP contribution in [0.15, 0.2) is 12.3 Å².